The van der Waals surface area contributed by atoms with Crippen molar-refractivity contribution in [1.82, 2.24) is 4.98 Å². The Morgan fingerprint density at radius 2 is 1.86 bits per heavy atom. The maximum atomic E-state index is 5.94. The Morgan fingerprint density at radius 3 is 2.57 bits per heavy atom. The molecular formula is C17H27N3O. The van der Waals surface area contributed by atoms with Crippen LogP contribution in [0.1, 0.15) is 45.4 Å². The van der Waals surface area contributed by atoms with Crippen molar-refractivity contribution in [3.63, 3.8) is 0 Å². The van der Waals surface area contributed by atoms with Gasteiger partial charge in [0.15, 0.2) is 0 Å². The Morgan fingerprint density at radius 1 is 1.14 bits per heavy atom. The van der Waals surface area contributed by atoms with Crippen LogP contribution in [0.25, 0.3) is 0 Å². The van der Waals surface area contributed by atoms with E-state index in [-0.39, 0.29) is 0 Å². The van der Waals surface area contributed by atoms with Gasteiger partial charge in [0.25, 0.3) is 0 Å². The molecule has 2 aliphatic rings. The topological polar surface area (TPSA) is 60.2 Å². The van der Waals surface area contributed by atoms with Gasteiger partial charge in [0.2, 0.25) is 5.88 Å². The lowest BCUT2D eigenvalue weighted by molar-refractivity contribution is 0.290. The summed E-state index contributed by atoms with van der Waals surface area (Å²) < 4.78 is 5.73. The van der Waals surface area contributed by atoms with Gasteiger partial charge < -0.3 is 15.8 Å². The number of hydrogen-bond donors (Lipinski definition) is 2. The Bertz CT molecular complexity index is 465. The third-order valence-electron chi connectivity index (χ3n) is 4.75. The lowest BCUT2D eigenvalue weighted by Gasteiger charge is -2.26. The minimum atomic E-state index is 0.587. The van der Waals surface area contributed by atoms with Crippen LogP contribution in [-0.4, -0.2) is 18.1 Å². The van der Waals surface area contributed by atoms with E-state index < -0.39 is 0 Å². The van der Waals surface area contributed by atoms with E-state index in [4.69, 9.17) is 10.5 Å². The SMILES string of the molecule is CC1CCC(CNc2ccc(N)c(OCC3CC3)n2)CC1. The smallest absolute Gasteiger partial charge is 0.239 e. The van der Waals surface area contributed by atoms with E-state index in [1.165, 1.54) is 38.5 Å². The van der Waals surface area contributed by atoms with E-state index in [0.717, 1.165) is 30.8 Å². The number of nitrogens with zero attached hydrogens (tertiary/aromatic N) is 1. The molecule has 0 atom stereocenters. The molecule has 1 heterocycles. The molecule has 2 fully saturated rings. The van der Waals surface area contributed by atoms with Crippen molar-refractivity contribution in [2.75, 3.05) is 24.2 Å². The standard InChI is InChI=1S/C17H27N3O/c1-12-2-4-13(5-3-12)10-19-16-9-8-15(18)17(20-16)21-11-14-6-7-14/h8-9,12-14H,2-7,10-11,18H2,1H3,(H,19,20). The summed E-state index contributed by atoms with van der Waals surface area (Å²) in [4.78, 5) is 4.51. The molecule has 0 saturated heterocycles. The van der Waals surface area contributed by atoms with Gasteiger partial charge in [0.1, 0.15) is 5.82 Å². The number of aromatic nitrogens is 1. The zero-order chi connectivity index (χ0) is 14.7. The molecule has 3 rings (SSSR count). The quantitative estimate of drug-likeness (QED) is 0.838. The first-order valence-corrected chi connectivity index (χ1v) is 8.34. The number of nitrogens with two attached hydrogens (primary N) is 1. The van der Waals surface area contributed by atoms with Gasteiger partial charge in [-0.3, -0.25) is 0 Å². The molecular weight excluding hydrogens is 262 g/mol. The van der Waals surface area contributed by atoms with E-state index >= 15 is 0 Å². The van der Waals surface area contributed by atoms with Gasteiger partial charge in [-0.25, -0.2) is 0 Å². The van der Waals surface area contributed by atoms with Crippen LogP contribution in [0.15, 0.2) is 12.1 Å². The first kappa shape index (κ1) is 14.5. The molecule has 1 aromatic heterocycles. The average molecular weight is 289 g/mol. The molecule has 1 aromatic rings. The van der Waals surface area contributed by atoms with Gasteiger partial charge in [-0.2, -0.15) is 4.98 Å². The summed E-state index contributed by atoms with van der Waals surface area (Å²) in [6.45, 7) is 4.11. The Balaban J connectivity index is 1.51. The number of ether oxygens (including phenoxy) is 1. The zero-order valence-electron chi connectivity index (χ0n) is 13.0. The molecule has 0 aliphatic heterocycles. The predicted molar refractivity (Wildman–Crippen MR) is 86.5 cm³/mol. The number of nitrogens with one attached hydrogen (secondary N) is 1. The number of rotatable bonds is 6. The van der Waals surface area contributed by atoms with Crippen molar-refractivity contribution in [3.05, 3.63) is 12.1 Å². The van der Waals surface area contributed by atoms with Gasteiger partial charge >= 0.3 is 0 Å². The Labute approximate surface area is 127 Å². The molecule has 0 spiro atoms. The van der Waals surface area contributed by atoms with Gasteiger partial charge in [0.05, 0.1) is 12.3 Å². The molecule has 0 unspecified atom stereocenters. The minimum absolute atomic E-state index is 0.587. The highest BCUT2D eigenvalue weighted by atomic mass is 16.5. The zero-order valence-corrected chi connectivity index (χ0v) is 13.0. The van der Waals surface area contributed by atoms with Gasteiger partial charge in [-0.1, -0.05) is 19.8 Å². The molecule has 2 saturated carbocycles. The first-order valence-electron chi connectivity index (χ1n) is 8.34. The first-order chi connectivity index (χ1) is 10.2. The van der Waals surface area contributed by atoms with E-state index in [1.807, 2.05) is 12.1 Å². The van der Waals surface area contributed by atoms with E-state index in [0.29, 0.717) is 17.5 Å². The molecule has 116 valence electrons. The lowest BCUT2D eigenvalue weighted by atomic mass is 9.83. The summed E-state index contributed by atoms with van der Waals surface area (Å²) in [5.74, 6) is 3.86. The maximum Gasteiger partial charge on any atom is 0.239 e. The summed E-state index contributed by atoms with van der Waals surface area (Å²) in [5.41, 5.74) is 6.57. The highest BCUT2D eigenvalue weighted by Gasteiger charge is 2.23. The number of anilines is 2. The van der Waals surface area contributed by atoms with E-state index in [1.54, 1.807) is 0 Å². The molecule has 0 bridgehead atoms. The number of nitrogen functional groups attached to an aromatic ring is 1. The van der Waals surface area contributed by atoms with Crippen LogP contribution in [-0.2, 0) is 0 Å². The third-order valence-corrected chi connectivity index (χ3v) is 4.75. The molecule has 0 radical (unpaired) electrons. The monoisotopic (exact) mass is 289 g/mol. The van der Waals surface area contributed by atoms with Crippen molar-refractivity contribution in [1.29, 1.82) is 0 Å². The van der Waals surface area contributed by atoms with Crippen molar-refractivity contribution >= 4 is 11.5 Å². The van der Waals surface area contributed by atoms with Crippen LogP contribution >= 0.6 is 0 Å². The summed E-state index contributed by atoms with van der Waals surface area (Å²) in [7, 11) is 0. The molecule has 2 aliphatic carbocycles. The van der Waals surface area contributed by atoms with Crippen LogP contribution < -0.4 is 15.8 Å². The normalized spacial score (nSPS) is 25.6. The second-order valence-corrected chi connectivity index (χ2v) is 6.85. The minimum Gasteiger partial charge on any atom is -0.476 e. The van der Waals surface area contributed by atoms with Crippen LogP contribution in [0.5, 0.6) is 5.88 Å². The van der Waals surface area contributed by atoms with Crippen molar-refractivity contribution in [2.24, 2.45) is 17.8 Å². The van der Waals surface area contributed by atoms with Crippen molar-refractivity contribution < 1.29 is 4.74 Å². The molecule has 21 heavy (non-hydrogen) atoms. The summed E-state index contributed by atoms with van der Waals surface area (Å²) in [5, 5.41) is 3.45. The van der Waals surface area contributed by atoms with Gasteiger partial charge in [-0.15, -0.1) is 0 Å². The van der Waals surface area contributed by atoms with Crippen LogP contribution in [0.2, 0.25) is 0 Å². The second-order valence-electron chi connectivity index (χ2n) is 6.85. The fourth-order valence-electron chi connectivity index (χ4n) is 2.93. The molecule has 0 amide bonds. The van der Waals surface area contributed by atoms with Crippen LogP contribution in [0.4, 0.5) is 11.5 Å². The lowest BCUT2D eigenvalue weighted by Crippen LogP contribution is -2.20. The highest BCUT2D eigenvalue weighted by molar-refractivity contribution is 5.53. The summed E-state index contributed by atoms with van der Waals surface area (Å²) >= 11 is 0. The van der Waals surface area contributed by atoms with Crippen molar-refractivity contribution in [3.8, 4) is 5.88 Å². The molecule has 4 nitrogen and oxygen atoms in total. The Hall–Kier alpha value is -1.45. The predicted octanol–water partition coefficient (Wildman–Crippen LogP) is 3.69. The maximum absolute atomic E-state index is 5.94. The van der Waals surface area contributed by atoms with E-state index in [9.17, 15) is 0 Å². The fourth-order valence-corrected chi connectivity index (χ4v) is 2.93. The fraction of sp³-hybridized carbons (Fsp3) is 0.706. The van der Waals surface area contributed by atoms with Crippen LogP contribution in [0.3, 0.4) is 0 Å². The van der Waals surface area contributed by atoms with Crippen LogP contribution in [0, 0.1) is 17.8 Å². The van der Waals surface area contributed by atoms with E-state index in [2.05, 4.69) is 17.2 Å². The molecule has 3 N–H and O–H groups in total. The Kier molecular flexibility index (Phi) is 4.51. The average Bonchev–Trinajstić information content (AvgIpc) is 3.31. The summed E-state index contributed by atoms with van der Waals surface area (Å²) in [6.07, 6.45) is 7.92. The second kappa shape index (κ2) is 6.54. The van der Waals surface area contributed by atoms with Gasteiger partial charge in [0, 0.05) is 6.54 Å². The third kappa shape index (κ3) is 4.26. The summed E-state index contributed by atoms with van der Waals surface area (Å²) in [6, 6.07) is 3.84. The number of pyridine rings is 1. The number of hydrogen-bond acceptors (Lipinski definition) is 4. The highest BCUT2D eigenvalue weighted by Crippen LogP contribution is 2.31. The van der Waals surface area contributed by atoms with Crippen molar-refractivity contribution in [2.45, 2.75) is 45.4 Å². The van der Waals surface area contributed by atoms with Gasteiger partial charge in [-0.05, 0) is 55.6 Å². The molecule has 4 heteroatoms. The molecule has 0 aromatic carbocycles. The largest absolute Gasteiger partial charge is 0.476 e.